The number of nitrogens with one attached hydrogen (secondary N) is 2. The molecule has 2 aliphatic rings. The Kier molecular flexibility index (Phi) is 8.48. The van der Waals surface area contributed by atoms with Crippen molar-refractivity contribution < 1.29 is 32.6 Å². The van der Waals surface area contributed by atoms with E-state index in [2.05, 4.69) is 32.5 Å². The van der Waals surface area contributed by atoms with Gasteiger partial charge in [-0.25, -0.2) is 13.8 Å². The van der Waals surface area contributed by atoms with E-state index < -0.39 is 28.9 Å². The lowest BCUT2D eigenvalue weighted by Gasteiger charge is -2.28. The number of benzene rings is 3. The number of carbonyl (C=O) groups is 2. The normalized spacial score (nSPS) is 16.2. The lowest BCUT2D eigenvalue weighted by atomic mass is 9.98. The first kappa shape index (κ1) is 30.2. The Bertz CT molecular complexity index is 1720. The third-order valence-corrected chi connectivity index (χ3v) is 8.27. The van der Waals surface area contributed by atoms with Crippen LogP contribution in [0.5, 0.6) is 23.3 Å². The van der Waals surface area contributed by atoms with Crippen LogP contribution in [-0.4, -0.2) is 60.5 Å². The molecule has 2 heterocycles. The molecule has 4 aromatic rings. The zero-order valence-electron chi connectivity index (χ0n) is 24.9. The van der Waals surface area contributed by atoms with Gasteiger partial charge in [-0.1, -0.05) is 0 Å². The molecular weight excluding hydrogens is 584 g/mol. The van der Waals surface area contributed by atoms with Crippen LogP contribution in [0.1, 0.15) is 25.7 Å². The zero-order chi connectivity index (χ0) is 31.6. The highest BCUT2D eigenvalue weighted by Crippen LogP contribution is 2.47. The number of piperidine rings is 1. The molecule has 0 bridgehead atoms. The molecule has 234 valence electrons. The summed E-state index contributed by atoms with van der Waals surface area (Å²) in [6.45, 7) is 2.65. The summed E-state index contributed by atoms with van der Waals surface area (Å²) in [4.78, 5) is 36.8. The predicted molar refractivity (Wildman–Crippen MR) is 164 cm³/mol. The Morgan fingerprint density at radius 3 is 2.29 bits per heavy atom. The summed E-state index contributed by atoms with van der Waals surface area (Å²) in [5.74, 6) is -0.826. The fourth-order valence-corrected chi connectivity index (χ4v) is 5.26. The van der Waals surface area contributed by atoms with Crippen molar-refractivity contribution in [2.75, 3.05) is 44.5 Å². The van der Waals surface area contributed by atoms with E-state index in [0.29, 0.717) is 53.5 Å². The molecule has 0 radical (unpaired) electrons. The summed E-state index contributed by atoms with van der Waals surface area (Å²) < 4.78 is 45.6. The molecule has 45 heavy (non-hydrogen) atoms. The summed E-state index contributed by atoms with van der Waals surface area (Å²) in [7, 11) is 3.69. The minimum atomic E-state index is -1.28. The van der Waals surface area contributed by atoms with Crippen LogP contribution >= 0.6 is 0 Å². The highest BCUT2D eigenvalue weighted by molar-refractivity contribution is 6.16. The van der Waals surface area contributed by atoms with Crippen molar-refractivity contribution in [2.24, 2.45) is 11.3 Å². The minimum Gasteiger partial charge on any atom is -0.493 e. The Hall–Kier alpha value is -4.84. The molecule has 1 saturated carbocycles. The summed E-state index contributed by atoms with van der Waals surface area (Å²) in [6, 6.07) is 12.6. The van der Waals surface area contributed by atoms with E-state index in [0.717, 1.165) is 32.0 Å². The monoisotopic (exact) mass is 617 g/mol. The van der Waals surface area contributed by atoms with E-state index in [1.807, 2.05) is 0 Å². The van der Waals surface area contributed by atoms with Gasteiger partial charge in [0.1, 0.15) is 11.2 Å². The van der Waals surface area contributed by atoms with Gasteiger partial charge in [-0.2, -0.15) is 4.98 Å². The summed E-state index contributed by atoms with van der Waals surface area (Å²) in [5, 5.41) is 5.95. The molecule has 2 N–H and O–H groups in total. The number of rotatable bonds is 10. The standard InChI is InChI=1S/C33H33F2N5O5/c1-40-13-9-20(10-14-40)19-44-29-17-26-21(15-28(29)43-2)18-36-32(39-26)45-27-8-7-24(16-25(27)35)38-31(42)33(11-12-33)30(41)37-23-5-3-22(34)4-6-23/h3-8,15-18,20H,9-14,19H2,1-2H3,(H,37,41)(H,38,42). The summed E-state index contributed by atoms with van der Waals surface area (Å²) >= 11 is 0. The van der Waals surface area contributed by atoms with Gasteiger partial charge in [0, 0.05) is 35.1 Å². The molecule has 1 aromatic heterocycles. The maximum Gasteiger partial charge on any atom is 0.322 e. The largest absolute Gasteiger partial charge is 0.493 e. The fourth-order valence-electron chi connectivity index (χ4n) is 5.26. The number of hydrogen-bond acceptors (Lipinski definition) is 8. The second-order valence-electron chi connectivity index (χ2n) is 11.5. The molecule has 1 aliphatic carbocycles. The number of ether oxygens (including phenoxy) is 3. The van der Waals surface area contributed by atoms with Crippen LogP contribution < -0.4 is 24.8 Å². The Morgan fingerprint density at radius 2 is 1.62 bits per heavy atom. The van der Waals surface area contributed by atoms with Crippen molar-refractivity contribution in [1.82, 2.24) is 14.9 Å². The molecular formula is C33H33F2N5O5. The quantitative estimate of drug-likeness (QED) is 0.215. The highest BCUT2D eigenvalue weighted by atomic mass is 19.1. The first-order valence-corrected chi connectivity index (χ1v) is 14.7. The highest BCUT2D eigenvalue weighted by Gasteiger charge is 2.56. The maximum absolute atomic E-state index is 15.1. The number of methoxy groups -OCH3 is 1. The fraction of sp³-hybridized carbons (Fsp3) is 0.333. The van der Waals surface area contributed by atoms with Crippen LogP contribution in [0.4, 0.5) is 20.2 Å². The molecule has 10 nitrogen and oxygen atoms in total. The lowest BCUT2D eigenvalue weighted by molar-refractivity contribution is -0.131. The average Bonchev–Trinajstić information content (AvgIpc) is 3.85. The van der Waals surface area contributed by atoms with Gasteiger partial charge in [-0.05, 0) is 94.2 Å². The van der Waals surface area contributed by atoms with Crippen molar-refractivity contribution in [3.05, 3.63) is 72.4 Å². The second kappa shape index (κ2) is 12.6. The summed E-state index contributed by atoms with van der Waals surface area (Å²) in [5.41, 5.74) is -0.211. The number of nitrogens with zero attached hydrogens (tertiary/aromatic N) is 3. The van der Waals surface area contributed by atoms with E-state index >= 15 is 4.39 Å². The molecule has 2 fully saturated rings. The van der Waals surface area contributed by atoms with Gasteiger partial charge in [0.25, 0.3) is 0 Å². The molecule has 1 saturated heterocycles. The van der Waals surface area contributed by atoms with Crippen LogP contribution in [0.15, 0.2) is 60.8 Å². The number of halogens is 2. The van der Waals surface area contributed by atoms with E-state index in [9.17, 15) is 14.0 Å². The average molecular weight is 618 g/mol. The molecule has 6 rings (SSSR count). The third kappa shape index (κ3) is 6.80. The van der Waals surface area contributed by atoms with Crippen molar-refractivity contribution in [3.8, 4) is 23.3 Å². The SMILES string of the molecule is COc1cc2cnc(Oc3ccc(NC(=O)C4(C(=O)Nc5ccc(F)cc5)CC4)cc3F)nc2cc1OCC1CCN(C)CC1. The van der Waals surface area contributed by atoms with Gasteiger partial charge in [0.15, 0.2) is 23.1 Å². The van der Waals surface area contributed by atoms with Gasteiger partial charge >= 0.3 is 6.01 Å². The van der Waals surface area contributed by atoms with Crippen molar-refractivity contribution >= 4 is 34.1 Å². The van der Waals surface area contributed by atoms with Gasteiger partial charge in [-0.15, -0.1) is 0 Å². The Labute approximate surface area is 258 Å². The van der Waals surface area contributed by atoms with Crippen LogP contribution in [0.3, 0.4) is 0 Å². The number of anilines is 2. The molecule has 12 heteroatoms. The van der Waals surface area contributed by atoms with Crippen LogP contribution in [0, 0.1) is 23.0 Å². The van der Waals surface area contributed by atoms with Crippen molar-refractivity contribution in [2.45, 2.75) is 25.7 Å². The molecule has 2 amide bonds. The number of carbonyl (C=O) groups excluding carboxylic acids is 2. The minimum absolute atomic E-state index is 0.0704. The van der Waals surface area contributed by atoms with Crippen molar-refractivity contribution in [3.63, 3.8) is 0 Å². The van der Waals surface area contributed by atoms with Crippen LogP contribution in [-0.2, 0) is 9.59 Å². The smallest absolute Gasteiger partial charge is 0.322 e. The zero-order valence-corrected chi connectivity index (χ0v) is 24.9. The first-order chi connectivity index (χ1) is 21.7. The summed E-state index contributed by atoms with van der Waals surface area (Å²) in [6.07, 6.45) is 4.36. The van der Waals surface area contributed by atoms with E-state index in [1.165, 1.54) is 36.4 Å². The van der Waals surface area contributed by atoms with Crippen LogP contribution in [0.2, 0.25) is 0 Å². The Balaban J connectivity index is 1.11. The maximum atomic E-state index is 15.1. The number of amides is 2. The molecule has 1 aliphatic heterocycles. The number of fused-ring (bicyclic) bond motifs is 1. The van der Waals surface area contributed by atoms with E-state index in [-0.39, 0.29) is 17.4 Å². The predicted octanol–water partition coefficient (Wildman–Crippen LogP) is 5.79. The number of hydrogen-bond donors (Lipinski definition) is 2. The van der Waals surface area contributed by atoms with E-state index in [1.54, 1.807) is 25.4 Å². The second-order valence-corrected chi connectivity index (χ2v) is 11.5. The number of likely N-dealkylation sites (tertiary alicyclic amines) is 1. The molecule has 3 aromatic carbocycles. The van der Waals surface area contributed by atoms with Gasteiger partial charge in [-0.3, -0.25) is 9.59 Å². The van der Waals surface area contributed by atoms with Gasteiger partial charge in [0.2, 0.25) is 11.8 Å². The molecule has 0 atom stereocenters. The lowest BCUT2D eigenvalue weighted by Crippen LogP contribution is -2.35. The number of aromatic nitrogens is 2. The molecule has 0 unspecified atom stereocenters. The Morgan fingerprint density at radius 1 is 0.933 bits per heavy atom. The van der Waals surface area contributed by atoms with Crippen molar-refractivity contribution in [1.29, 1.82) is 0 Å². The third-order valence-electron chi connectivity index (χ3n) is 8.27. The topological polar surface area (TPSA) is 115 Å². The molecule has 0 spiro atoms. The van der Waals surface area contributed by atoms with E-state index in [4.69, 9.17) is 14.2 Å². The van der Waals surface area contributed by atoms with Gasteiger partial charge in [0.05, 0.1) is 19.2 Å². The first-order valence-electron chi connectivity index (χ1n) is 14.7. The van der Waals surface area contributed by atoms with Gasteiger partial charge < -0.3 is 29.7 Å². The van der Waals surface area contributed by atoms with Crippen LogP contribution in [0.25, 0.3) is 10.9 Å².